The van der Waals surface area contributed by atoms with Gasteiger partial charge in [0.25, 0.3) is 0 Å². The van der Waals surface area contributed by atoms with E-state index in [9.17, 15) is 0 Å². The molecule has 0 aliphatic rings. The van der Waals surface area contributed by atoms with Gasteiger partial charge in [-0.2, -0.15) is 0 Å². The van der Waals surface area contributed by atoms with Gasteiger partial charge < -0.3 is 19.1 Å². The fourth-order valence-corrected chi connectivity index (χ4v) is 12.8. The first-order chi connectivity index (χ1) is 42.8. The highest BCUT2D eigenvalue weighted by Crippen LogP contribution is 2.43. The van der Waals surface area contributed by atoms with Gasteiger partial charge in [0, 0.05) is 63.4 Å². The minimum atomic E-state index is 0.889. The Morgan fingerprint density at radius 1 is 0.241 bits per heavy atom. The summed E-state index contributed by atoms with van der Waals surface area (Å²) in [7, 11) is 0. The van der Waals surface area contributed by atoms with Gasteiger partial charge in [-0.25, -0.2) is 0 Å². The molecule has 4 nitrogen and oxygen atoms in total. The van der Waals surface area contributed by atoms with E-state index in [-0.39, 0.29) is 0 Å². The lowest BCUT2D eigenvalue weighted by Crippen LogP contribution is -2.10. The molecule has 14 aromatic carbocycles. The summed E-state index contributed by atoms with van der Waals surface area (Å²) < 4.78 is 15.3. The van der Waals surface area contributed by atoms with Crippen LogP contribution in [0.2, 0.25) is 0 Å². The van der Waals surface area contributed by atoms with E-state index in [1.165, 1.54) is 60.5 Å². The molecular weight excluding hydrogens is 1260 g/mol. The number of para-hydroxylation sites is 2. The minimum absolute atomic E-state index is 0.889. The van der Waals surface area contributed by atoms with E-state index in [0.717, 1.165) is 91.3 Å². The van der Waals surface area contributed by atoms with E-state index in [0.29, 0.717) is 0 Å². The van der Waals surface area contributed by atoms with Crippen molar-refractivity contribution in [2.24, 2.45) is 0 Å². The van der Waals surface area contributed by atoms with E-state index in [2.05, 4.69) is 325 Å². The second-order valence-electron chi connectivity index (χ2n) is 21.3. The SMILES string of the molecule is Brc1cccc(-c2ccccc2-c2cccc(Br)c2)c1.Brc1cccc(-c2ccccc2-c2cccc(N(c3ccc4ccccc4c3)c3ccc4oc5ccccc5c4c3)c2)c1.c1ccc2cc(Nc3ccc4oc5ccccc5c4c3)ccc2c1. The molecule has 16 rings (SSSR count). The second-order valence-corrected chi connectivity index (χ2v) is 24.1. The molecule has 0 unspecified atom stereocenters. The Balaban J connectivity index is 0.000000127. The molecule has 416 valence electrons. The van der Waals surface area contributed by atoms with Gasteiger partial charge in [0.2, 0.25) is 0 Å². The van der Waals surface area contributed by atoms with Crippen LogP contribution in [0, 0.1) is 0 Å². The van der Waals surface area contributed by atoms with Crippen LogP contribution in [-0.4, -0.2) is 0 Å². The molecule has 0 aliphatic heterocycles. The predicted molar refractivity (Wildman–Crippen MR) is 378 cm³/mol. The van der Waals surface area contributed by atoms with Crippen molar-refractivity contribution >= 4 is 142 Å². The molecule has 1 N–H and O–H groups in total. The van der Waals surface area contributed by atoms with E-state index >= 15 is 0 Å². The molecule has 0 aliphatic carbocycles. The van der Waals surface area contributed by atoms with Crippen molar-refractivity contribution < 1.29 is 8.83 Å². The minimum Gasteiger partial charge on any atom is -0.456 e. The zero-order chi connectivity index (χ0) is 58.6. The van der Waals surface area contributed by atoms with Crippen LogP contribution < -0.4 is 10.2 Å². The number of rotatable bonds is 9. The zero-order valence-electron chi connectivity index (χ0n) is 46.9. The highest BCUT2D eigenvalue weighted by atomic mass is 79.9. The van der Waals surface area contributed by atoms with Crippen molar-refractivity contribution in [1.82, 2.24) is 0 Å². The first-order valence-electron chi connectivity index (χ1n) is 28.8. The van der Waals surface area contributed by atoms with Crippen LogP contribution in [0.5, 0.6) is 0 Å². The Morgan fingerprint density at radius 2 is 0.609 bits per heavy atom. The van der Waals surface area contributed by atoms with Crippen molar-refractivity contribution in [2.45, 2.75) is 0 Å². The Morgan fingerprint density at radius 3 is 1.15 bits per heavy atom. The molecule has 7 heteroatoms. The number of anilines is 5. The molecule has 0 atom stereocenters. The number of fused-ring (bicyclic) bond motifs is 8. The van der Waals surface area contributed by atoms with Crippen molar-refractivity contribution in [3.05, 3.63) is 329 Å². The molecule has 87 heavy (non-hydrogen) atoms. The lowest BCUT2D eigenvalue weighted by atomic mass is 9.94. The van der Waals surface area contributed by atoms with Crippen LogP contribution in [0.4, 0.5) is 28.4 Å². The Kier molecular flexibility index (Phi) is 15.6. The van der Waals surface area contributed by atoms with Gasteiger partial charge in [0.1, 0.15) is 22.3 Å². The zero-order valence-corrected chi connectivity index (χ0v) is 51.7. The van der Waals surface area contributed by atoms with Gasteiger partial charge in [-0.05, 0) is 187 Å². The number of benzene rings is 14. The standard InChI is InChI=1S/C40H26BrNO.C22H15NO.C18H12Br2/c41-31-13-7-11-29(23-31)35-15-3-4-16-36(35)30-12-8-14-32(25-30)42(33-20-19-27-9-1-2-10-28(27)24-33)34-21-22-40-38(26-34)37-17-5-6-18-39(37)43-40;1-2-6-16-13-17(10-9-15(16)5-1)23-18-11-12-22-20(14-18)19-7-3-4-8-21(19)24-22;19-15-7-3-5-13(11-15)17-9-1-2-10-18(17)14-6-4-8-16(20)12-14/h1-26H;1-14,23H;1-12H. The van der Waals surface area contributed by atoms with Gasteiger partial charge in [-0.15, -0.1) is 0 Å². The summed E-state index contributed by atoms with van der Waals surface area (Å²) in [6.45, 7) is 0. The maximum Gasteiger partial charge on any atom is 0.135 e. The summed E-state index contributed by atoms with van der Waals surface area (Å²) >= 11 is 10.7. The smallest absolute Gasteiger partial charge is 0.135 e. The second kappa shape index (κ2) is 24.7. The van der Waals surface area contributed by atoms with Gasteiger partial charge in [0.15, 0.2) is 0 Å². The summed E-state index contributed by atoms with van der Waals surface area (Å²) in [5, 5.41) is 12.9. The summed E-state index contributed by atoms with van der Waals surface area (Å²) in [5.41, 5.74) is 18.7. The average molecular weight is 1310 g/mol. The predicted octanol–water partition coefficient (Wildman–Crippen LogP) is 25.3. The summed E-state index contributed by atoms with van der Waals surface area (Å²) in [6, 6.07) is 110. The monoisotopic (exact) mass is 1310 g/mol. The molecule has 0 saturated carbocycles. The van der Waals surface area contributed by atoms with Crippen LogP contribution in [0.3, 0.4) is 0 Å². The lowest BCUT2D eigenvalue weighted by Gasteiger charge is -2.26. The third-order valence-corrected chi connectivity index (χ3v) is 17.2. The van der Waals surface area contributed by atoms with Crippen molar-refractivity contribution in [3.8, 4) is 44.5 Å². The van der Waals surface area contributed by atoms with Gasteiger partial charge >= 0.3 is 0 Å². The number of halogens is 3. The Bertz CT molecular complexity index is 5120. The molecule has 16 aromatic rings. The first-order valence-corrected chi connectivity index (χ1v) is 31.1. The number of hydrogen-bond donors (Lipinski definition) is 1. The third-order valence-electron chi connectivity index (χ3n) is 15.7. The maximum absolute atomic E-state index is 6.17. The molecule has 0 amide bonds. The number of nitrogens with zero attached hydrogens (tertiary/aromatic N) is 1. The van der Waals surface area contributed by atoms with Gasteiger partial charge in [0.05, 0.1) is 0 Å². The molecule has 2 aromatic heterocycles. The number of hydrogen-bond acceptors (Lipinski definition) is 4. The fourth-order valence-electron chi connectivity index (χ4n) is 11.6. The Hall–Kier alpha value is -9.76. The van der Waals surface area contributed by atoms with Crippen LogP contribution >= 0.6 is 47.8 Å². The van der Waals surface area contributed by atoms with Crippen LogP contribution in [0.1, 0.15) is 0 Å². The van der Waals surface area contributed by atoms with E-state index in [4.69, 9.17) is 8.83 Å². The Labute approximate surface area is 530 Å². The number of nitrogens with one attached hydrogen (secondary N) is 1. The summed E-state index contributed by atoms with van der Waals surface area (Å²) in [5.74, 6) is 0. The maximum atomic E-state index is 6.17. The molecule has 0 radical (unpaired) electrons. The quantitative estimate of drug-likeness (QED) is 0.156. The van der Waals surface area contributed by atoms with E-state index in [1.807, 2.05) is 48.5 Å². The van der Waals surface area contributed by atoms with Crippen LogP contribution in [0.25, 0.3) is 110 Å². The largest absolute Gasteiger partial charge is 0.456 e. The molecule has 0 saturated heterocycles. The van der Waals surface area contributed by atoms with Gasteiger partial charge in [-0.3, -0.25) is 0 Å². The normalized spacial score (nSPS) is 11.2. The summed E-state index contributed by atoms with van der Waals surface area (Å²) in [4.78, 5) is 2.35. The van der Waals surface area contributed by atoms with Crippen LogP contribution in [-0.2, 0) is 0 Å². The average Bonchev–Trinajstić information content (AvgIpc) is 2.23. The molecule has 0 bridgehead atoms. The van der Waals surface area contributed by atoms with Crippen molar-refractivity contribution in [3.63, 3.8) is 0 Å². The molecular formula is C80H53Br3N2O2. The third kappa shape index (κ3) is 11.9. The lowest BCUT2D eigenvalue weighted by molar-refractivity contribution is 0.668. The summed E-state index contributed by atoms with van der Waals surface area (Å²) in [6.07, 6.45) is 0. The van der Waals surface area contributed by atoms with E-state index < -0.39 is 0 Å². The molecule has 0 fully saturated rings. The van der Waals surface area contributed by atoms with E-state index in [1.54, 1.807) is 0 Å². The fraction of sp³-hybridized carbons (Fsp3) is 0. The highest BCUT2D eigenvalue weighted by Gasteiger charge is 2.18. The number of furan rings is 2. The molecule has 2 heterocycles. The highest BCUT2D eigenvalue weighted by molar-refractivity contribution is 9.11. The van der Waals surface area contributed by atoms with Crippen LogP contribution in [0.15, 0.2) is 338 Å². The van der Waals surface area contributed by atoms with Crippen molar-refractivity contribution in [1.29, 1.82) is 0 Å². The topological polar surface area (TPSA) is 41.6 Å². The molecule has 0 spiro atoms. The van der Waals surface area contributed by atoms with Crippen molar-refractivity contribution in [2.75, 3.05) is 10.2 Å². The first kappa shape index (κ1) is 55.1. The van der Waals surface area contributed by atoms with Gasteiger partial charge in [-0.1, -0.05) is 242 Å².